The highest BCUT2D eigenvalue weighted by molar-refractivity contribution is 5.80. The zero-order chi connectivity index (χ0) is 20.5. The molecule has 0 aliphatic carbocycles. The van der Waals surface area contributed by atoms with Crippen LogP contribution in [-0.2, 0) is 9.47 Å². The van der Waals surface area contributed by atoms with Crippen molar-refractivity contribution >= 4 is 5.96 Å². The second kappa shape index (κ2) is 11.4. The van der Waals surface area contributed by atoms with E-state index in [1.165, 1.54) is 25.0 Å². The summed E-state index contributed by atoms with van der Waals surface area (Å²) in [6.07, 6.45) is 6.05. The third-order valence-corrected chi connectivity index (χ3v) is 5.44. The highest BCUT2D eigenvalue weighted by Gasteiger charge is 2.24. The zero-order valence-electron chi connectivity index (χ0n) is 17.6. The Morgan fingerprint density at radius 3 is 2.66 bits per heavy atom. The average Bonchev–Trinajstić information content (AvgIpc) is 2.76. The van der Waals surface area contributed by atoms with Gasteiger partial charge < -0.3 is 24.4 Å². The minimum absolute atomic E-state index is 0.0615. The molecule has 2 unspecified atom stereocenters. The highest BCUT2D eigenvalue weighted by atomic mass is 19.1. The molecule has 0 amide bonds. The number of nitrogens with zero attached hydrogens (tertiary/aromatic N) is 2. The smallest absolute Gasteiger partial charge is 0.193 e. The lowest BCUT2D eigenvalue weighted by molar-refractivity contribution is -0.0721. The molecule has 162 valence electrons. The molecule has 0 saturated carbocycles. The molecule has 6 nitrogen and oxygen atoms in total. The number of rotatable bonds is 7. The number of aliphatic imine (C=N–C) groups is 1. The SMILES string of the molecule is CN=C(NCC(C)Oc1ccc(F)cc1)N1CCC(OCC2CCCCO2)CC1. The van der Waals surface area contributed by atoms with Gasteiger partial charge in [-0.15, -0.1) is 0 Å². The number of guanidine groups is 1. The number of ether oxygens (including phenoxy) is 3. The first-order valence-corrected chi connectivity index (χ1v) is 10.7. The summed E-state index contributed by atoms with van der Waals surface area (Å²) < 4.78 is 30.7. The van der Waals surface area contributed by atoms with Crippen LogP contribution in [0.2, 0.25) is 0 Å². The standard InChI is InChI=1S/C22H34FN3O3/c1-17(29-20-8-6-18(23)7-9-20)15-25-22(24-2)26-12-10-19(11-13-26)28-16-21-5-3-4-14-27-21/h6-9,17,19,21H,3-5,10-16H2,1-2H3,(H,24,25). The first-order chi connectivity index (χ1) is 14.1. The Morgan fingerprint density at radius 1 is 1.24 bits per heavy atom. The van der Waals surface area contributed by atoms with E-state index in [-0.39, 0.29) is 18.0 Å². The molecule has 2 saturated heterocycles. The lowest BCUT2D eigenvalue weighted by Gasteiger charge is -2.35. The van der Waals surface area contributed by atoms with Crippen molar-refractivity contribution in [3.8, 4) is 5.75 Å². The fourth-order valence-electron chi connectivity index (χ4n) is 3.77. The molecule has 1 aromatic carbocycles. The maximum Gasteiger partial charge on any atom is 0.193 e. The van der Waals surface area contributed by atoms with Crippen molar-refractivity contribution in [3.63, 3.8) is 0 Å². The van der Waals surface area contributed by atoms with Gasteiger partial charge in [-0.2, -0.15) is 0 Å². The van der Waals surface area contributed by atoms with Crippen LogP contribution in [0.4, 0.5) is 4.39 Å². The van der Waals surface area contributed by atoms with Crippen molar-refractivity contribution in [3.05, 3.63) is 30.1 Å². The Labute approximate surface area is 173 Å². The normalized spacial score (nSPS) is 22.4. The molecule has 2 heterocycles. The van der Waals surface area contributed by atoms with Crippen LogP contribution in [0.25, 0.3) is 0 Å². The number of benzene rings is 1. The number of nitrogens with one attached hydrogen (secondary N) is 1. The van der Waals surface area contributed by atoms with E-state index in [0.29, 0.717) is 18.4 Å². The fraction of sp³-hybridized carbons (Fsp3) is 0.682. The van der Waals surface area contributed by atoms with Crippen molar-refractivity contribution in [2.75, 3.05) is 39.9 Å². The fourth-order valence-corrected chi connectivity index (χ4v) is 3.77. The monoisotopic (exact) mass is 407 g/mol. The number of piperidine rings is 1. The van der Waals surface area contributed by atoms with E-state index < -0.39 is 0 Å². The van der Waals surface area contributed by atoms with Crippen LogP contribution >= 0.6 is 0 Å². The number of likely N-dealkylation sites (tertiary alicyclic amines) is 1. The molecule has 3 rings (SSSR count). The third-order valence-electron chi connectivity index (χ3n) is 5.44. The van der Waals surface area contributed by atoms with Crippen molar-refractivity contribution in [2.45, 2.75) is 57.3 Å². The van der Waals surface area contributed by atoms with Gasteiger partial charge in [0.05, 0.1) is 25.4 Å². The number of hydrogen-bond acceptors (Lipinski definition) is 4. The maximum atomic E-state index is 13.0. The van der Waals surface area contributed by atoms with Crippen LogP contribution < -0.4 is 10.1 Å². The van der Waals surface area contributed by atoms with E-state index in [1.807, 2.05) is 6.92 Å². The van der Waals surface area contributed by atoms with Crippen LogP contribution in [-0.4, -0.2) is 69.1 Å². The molecule has 0 aromatic heterocycles. The molecule has 1 aromatic rings. The van der Waals surface area contributed by atoms with Crippen LogP contribution in [0.1, 0.15) is 39.0 Å². The Kier molecular flexibility index (Phi) is 8.55. The van der Waals surface area contributed by atoms with E-state index in [9.17, 15) is 4.39 Å². The molecule has 0 spiro atoms. The van der Waals surface area contributed by atoms with Gasteiger partial charge in [0.15, 0.2) is 5.96 Å². The minimum Gasteiger partial charge on any atom is -0.489 e. The Balaban J connectivity index is 1.35. The van der Waals surface area contributed by atoms with E-state index in [0.717, 1.165) is 51.5 Å². The minimum atomic E-state index is -0.262. The zero-order valence-corrected chi connectivity index (χ0v) is 17.6. The summed E-state index contributed by atoms with van der Waals surface area (Å²) in [7, 11) is 1.80. The lowest BCUT2D eigenvalue weighted by Crippen LogP contribution is -2.49. The molecule has 2 fully saturated rings. The van der Waals surface area contributed by atoms with Gasteiger partial charge in [-0.05, 0) is 63.3 Å². The van der Waals surface area contributed by atoms with Crippen molar-refractivity contribution < 1.29 is 18.6 Å². The van der Waals surface area contributed by atoms with Crippen LogP contribution in [0.5, 0.6) is 5.75 Å². The van der Waals surface area contributed by atoms with Crippen molar-refractivity contribution in [1.82, 2.24) is 10.2 Å². The summed E-state index contributed by atoms with van der Waals surface area (Å²) in [6, 6.07) is 6.09. The van der Waals surface area contributed by atoms with E-state index >= 15 is 0 Å². The van der Waals surface area contributed by atoms with E-state index in [2.05, 4.69) is 15.2 Å². The molecule has 2 atom stereocenters. The molecule has 2 aliphatic heterocycles. The summed E-state index contributed by atoms with van der Waals surface area (Å²) in [6.45, 7) is 6.04. The van der Waals surface area contributed by atoms with Gasteiger partial charge in [0.25, 0.3) is 0 Å². The Morgan fingerprint density at radius 2 is 2.00 bits per heavy atom. The van der Waals surface area contributed by atoms with Crippen LogP contribution in [0.3, 0.4) is 0 Å². The Hall–Kier alpha value is -1.86. The van der Waals surface area contributed by atoms with E-state index in [4.69, 9.17) is 14.2 Å². The van der Waals surface area contributed by atoms with Crippen molar-refractivity contribution in [1.29, 1.82) is 0 Å². The summed E-state index contributed by atoms with van der Waals surface area (Å²) >= 11 is 0. The summed E-state index contributed by atoms with van der Waals surface area (Å²) in [5.74, 6) is 1.28. The van der Waals surface area contributed by atoms with Crippen LogP contribution in [0, 0.1) is 5.82 Å². The Bertz CT molecular complexity index is 627. The molecular weight excluding hydrogens is 373 g/mol. The topological polar surface area (TPSA) is 55.3 Å². The van der Waals surface area contributed by atoms with Gasteiger partial charge in [0, 0.05) is 26.7 Å². The van der Waals surface area contributed by atoms with Crippen LogP contribution in [0.15, 0.2) is 29.3 Å². The quantitative estimate of drug-likeness (QED) is 0.556. The second-order valence-electron chi connectivity index (χ2n) is 7.82. The molecule has 29 heavy (non-hydrogen) atoms. The van der Waals surface area contributed by atoms with E-state index in [1.54, 1.807) is 19.2 Å². The van der Waals surface area contributed by atoms with Gasteiger partial charge in [0.2, 0.25) is 0 Å². The second-order valence-corrected chi connectivity index (χ2v) is 7.82. The summed E-state index contributed by atoms with van der Waals surface area (Å²) in [5.41, 5.74) is 0. The lowest BCUT2D eigenvalue weighted by atomic mass is 10.1. The first-order valence-electron chi connectivity index (χ1n) is 10.7. The number of hydrogen-bond donors (Lipinski definition) is 1. The number of halogens is 1. The van der Waals surface area contributed by atoms with Gasteiger partial charge in [0.1, 0.15) is 17.7 Å². The predicted molar refractivity (Wildman–Crippen MR) is 112 cm³/mol. The molecular formula is C22H34FN3O3. The average molecular weight is 408 g/mol. The summed E-state index contributed by atoms with van der Waals surface area (Å²) in [5, 5.41) is 3.39. The van der Waals surface area contributed by atoms with Gasteiger partial charge in [-0.3, -0.25) is 4.99 Å². The summed E-state index contributed by atoms with van der Waals surface area (Å²) in [4.78, 5) is 6.68. The molecule has 2 aliphatic rings. The predicted octanol–water partition coefficient (Wildman–Crippen LogP) is 3.22. The third kappa shape index (κ3) is 7.16. The molecule has 0 radical (unpaired) electrons. The van der Waals surface area contributed by atoms with Gasteiger partial charge >= 0.3 is 0 Å². The maximum absolute atomic E-state index is 13.0. The molecule has 1 N–H and O–H groups in total. The largest absolute Gasteiger partial charge is 0.489 e. The van der Waals surface area contributed by atoms with Crippen molar-refractivity contribution in [2.24, 2.45) is 4.99 Å². The van der Waals surface area contributed by atoms with Gasteiger partial charge in [-0.1, -0.05) is 0 Å². The highest BCUT2D eigenvalue weighted by Crippen LogP contribution is 2.18. The van der Waals surface area contributed by atoms with Gasteiger partial charge in [-0.25, -0.2) is 4.39 Å². The molecule has 0 bridgehead atoms. The molecule has 7 heteroatoms. The first kappa shape index (κ1) is 21.8.